The molecule has 44 heavy (non-hydrogen) atoms. The molecule has 0 spiro atoms. The number of para-hydroxylation sites is 2. The summed E-state index contributed by atoms with van der Waals surface area (Å²) in [5, 5.41) is 14.5. The van der Waals surface area contributed by atoms with Crippen LogP contribution >= 0.6 is 11.8 Å². The molecule has 2 heterocycles. The van der Waals surface area contributed by atoms with E-state index < -0.39 is 12.0 Å². The first-order chi connectivity index (χ1) is 21.0. The van der Waals surface area contributed by atoms with E-state index in [-0.39, 0.29) is 22.9 Å². The third kappa shape index (κ3) is 10.3. The second-order valence-electron chi connectivity index (χ2n) is 11.4. The number of aliphatic carboxylic acids is 1. The number of aryl methyl sites for hydroxylation is 1. The number of benzene rings is 2. The van der Waals surface area contributed by atoms with Crippen LogP contribution in [0.25, 0.3) is 17.0 Å². The van der Waals surface area contributed by atoms with E-state index in [2.05, 4.69) is 88.7 Å². The Bertz CT molecular complexity index is 1400. The van der Waals surface area contributed by atoms with Crippen LogP contribution in [0.2, 0.25) is 0 Å². The molecule has 0 aliphatic carbocycles. The van der Waals surface area contributed by atoms with Gasteiger partial charge >= 0.3 is 5.97 Å². The molecule has 238 valence electrons. The van der Waals surface area contributed by atoms with Crippen molar-refractivity contribution in [1.82, 2.24) is 5.32 Å². The molecule has 9 heteroatoms. The number of halogens is 1. The highest BCUT2D eigenvalue weighted by Gasteiger charge is 2.25. The van der Waals surface area contributed by atoms with Gasteiger partial charge in [0, 0.05) is 30.0 Å². The standard InChI is InChI=1S/C35H46N4O3S.BrH/c1-38-25-22-27(28-16-9-10-18-30(28)38)26-34-39(31-19-11-12-20-32(31)43-34)24-15-7-5-3-2-4-6-8-21-33(40)37-29(35(41)42)17-13-14-23-36;/h9-12,16,18-20,22,25-26,29H,2-8,13-15,17,21,23-24,36H2,1H3,(H-,37,40,41,42);1H/t29-;/m0./s1. The second-order valence-corrected chi connectivity index (χ2v) is 12.5. The molecule has 1 aliphatic heterocycles. The SMILES string of the molecule is C[n+]1ccc(/C=C2/Sc3ccccc3N2CCCCCCCCCCC(=O)N[C@@H](CCCCN)C(=O)O)c2ccccc21.[Br-]. The minimum absolute atomic E-state index is 0. The molecule has 0 bridgehead atoms. The molecular formula is C35H47BrN4O3S. The molecule has 1 aromatic heterocycles. The number of hydrogen-bond acceptors (Lipinski definition) is 5. The van der Waals surface area contributed by atoms with Gasteiger partial charge in [-0.1, -0.05) is 74.6 Å². The van der Waals surface area contributed by atoms with Crippen LogP contribution in [0, 0.1) is 0 Å². The topological polar surface area (TPSA) is 99.5 Å². The van der Waals surface area contributed by atoms with E-state index in [9.17, 15) is 14.7 Å². The van der Waals surface area contributed by atoms with Crippen molar-refractivity contribution in [1.29, 1.82) is 0 Å². The maximum absolute atomic E-state index is 12.2. The number of fused-ring (bicyclic) bond motifs is 2. The van der Waals surface area contributed by atoms with Crippen LogP contribution < -0.4 is 37.5 Å². The van der Waals surface area contributed by atoms with Gasteiger partial charge in [-0.25, -0.2) is 9.36 Å². The Kier molecular flexibility index (Phi) is 15.2. The van der Waals surface area contributed by atoms with E-state index in [1.807, 2.05) is 11.8 Å². The fourth-order valence-corrected chi connectivity index (χ4v) is 6.81. The van der Waals surface area contributed by atoms with Gasteiger partial charge in [-0.15, -0.1) is 0 Å². The first-order valence-corrected chi connectivity index (χ1v) is 16.7. The van der Waals surface area contributed by atoms with Crippen LogP contribution in [0.1, 0.15) is 82.6 Å². The number of hydrogen-bond donors (Lipinski definition) is 3. The molecule has 1 atom stereocenters. The zero-order valence-corrected chi connectivity index (χ0v) is 28.3. The summed E-state index contributed by atoms with van der Waals surface area (Å²) >= 11 is 1.86. The lowest BCUT2D eigenvalue weighted by atomic mass is 10.1. The zero-order chi connectivity index (χ0) is 30.4. The van der Waals surface area contributed by atoms with Crippen molar-refractivity contribution in [3.8, 4) is 0 Å². The third-order valence-electron chi connectivity index (χ3n) is 8.10. The molecule has 2 aromatic carbocycles. The molecule has 0 saturated carbocycles. The third-order valence-corrected chi connectivity index (χ3v) is 9.22. The predicted molar refractivity (Wildman–Crippen MR) is 177 cm³/mol. The van der Waals surface area contributed by atoms with Crippen molar-refractivity contribution in [2.24, 2.45) is 12.8 Å². The van der Waals surface area contributed by atoms with Crippen molar-refractivity contribution in [3.05, 3.63) is 71.4 Å². The number of carboxylic acid groups (broad SMARTS) is 1. The van der Waals surface area contributed by atoms with Crippen molar-refractivity contribution in [2.45, 2.75) is 88.0 Å². The summed E-state index contributed by atoms with van der Waals surface area (Å²) in [6.07, 6.45) is 15.6. The van der Waals surface area contributed by atoms with Crippen molar-refractivity contribution < 1.29 is 36.2 Å². The number of nitrogens with zero attached hydrogens (tertiary/aromatic N) is 2. The summed E-state index contributed by atoms with van der Waals surface area (Å²) < 4.78 is 2.17. The molecule has 1 aliphatic rings. The number of rotatable bonds is 18. The number of carbonyl (C=O) groups is 2. The number of unbranched alkanes of at least 4 members (excludes halogenated alkanes) is 8. The highest BCUT2D eigenvalue weighted by molar-refractivity contribution is 8.03. The lowest BCUT2D eigenvalue weighted by Crippen LogP contribution is -3.00. The van der Waals surface area contributed by atoms with E-state index >= 15 is 0 Å². The summed E-state index contributed by atoms with van der Waals surface area (Å²) in [7, 11) is 2.09. The van der Waals surface area contributed by atoms with Crippen molar-refractivity contribution in [2.75, 3.05) is 18.0 Å². The van der Waals surface area contributed by atoms with E-state index in [1.165, 1.54) is 57.8 Å². The molecule has 0 unspecified atom stereocenters. The van der Waals surface area contributed by atoms with Crippen LogP contribution in [0.15, 0.2) is 70.7 Å². The number of pyridine rings is 1. The van der Waals surface area contributed by atoms with Gasteiger partial charge in [0.25, 0.3) is 0 Å². The van der Waals surface area contributed by atoms with Gasteiger partial charge in [0.05, 0.1) is 16.1 Å². The molecular weight excluding hydrogens is 636 g/mol. The summed E-state index contributed by atoms with van der Waals surface area (Å²) in [4.78, 5) is 27.3. The van der Waals surface area contributed by atoms with Crippen molar-refractivity contribution >= 4 is 46.3 Å². The molecule has 1 amide bonds. The number of anilines is 1. The molecule has 7 nitrogen and oxygen atoms in total. The van der Waals surface area contributed by atoms with E-state index in [0.717, 1.165) is 38.6 Å². The van der Waals surface area contributed by atoms with Crippen LogP contribution in [-0.2, 0) is 16.6 Å². The zero-order valence-electron chi connectivity index (χ0n) is 25.8. The maximum Gasteiger partial charge on any atom is 0.326 e. The molecule has 3 aromatic rings. The first-order valence-electron chi connectivity index (χ1n) is 15.8. The van der Waals surface area contributed by atoms with Crippen molar-refractivity contribution in [3.63, 3.8) is 0 Å². The summed E-state index contributed by atoms with van der Waals surface area (Å²) in [5.41, 5.74) is 9.26. The number of thioether (sulfide) groups is 1. The van der Waals surface area contributed by atoms with Crippen LogP contribution in [0.5, 0.6) is 0 Å². The highest BCUT2D eigenvalue weighted by atomic mass is 79.9. The molecule has 0 saturated heterocycles. The summed E-state index contributed by atoms with van der Waals surface area (Å²) in [6, 6.07) is 18.7. The Morgan fingerprint density at radius 1 is 0.932 bits per heavy atom. The average Bonchev–Trinajstić information content (AvgIpc) is 3.36. The average molecular weight is 684 g/mol. The number of amides is 1. The Hall–Kier alpha value is -2.88. The largest absolute Gasteiger partial charge is 1.00 e. The lowest BCUT2D eigenvalue weighted by Gasteiger charge is -2.20. The summed E-state index contributed by atoms with van der Waals surface area (Å²) in [6.45, 7) is 1.55. The fraction of sp³-hybridized carbons (Fsp3) is 0.457. The maximum atomic E-state index is 12.2. The monoisotopic (exact) mass is 682 g/mol. The van der Waals surface area contributed by atoms with Gasteiger partial charge in [-0.05, 0) is 68.5 Å². The van der Waals surface area contributed by atoms with Gasteiger partial charge in [-0.3, -0.25) is 4.79 Å². The van der Waals surface area contributed by atoms with Crippen LogP contribution in [0.4, 0.5) is 5.69 Å². The van der Waals surface area contributed by atoms with E-state index in [0.29, 0.717) is 25.8 Å². The van der Waals surface area contributed by atoms with Crippen LogP contribution in [-0.4, -0.2) is 36.1 Å². The normalized spacial score (nSPS) is 14.0. The van der Waals surface area contributed by atoms with Gasteiger partial charge in [0.15, 0.2) is 6.20 Å². The van der Waals surface area contributed by atoms with Crippen LogP contribution in [0.3, 0.4) is 0 Å². The minimum Gasteiger partial charge on any atom is -1.00 e. The van der Waals surface area contributed by atoms with E-state index in [4.69, 9.17) is 5.73 Å². The molecule has 4 N–H and O–H groups in total. The number of carboxylic acids is 1. The second kappa shape index (κ2) is 18.8. The lowest BCUT2D eigenvalue weighted by molar-refractivity contribution is -0.644. The predicted octanol–water partition coefficient (Wildman–Crippen LogP) is 3.79. The Morgan fingerprint density at radius 2 is 1.61 bits per heavy atom. The van der Waals surface area contributed by atoms with Gasteiger partial charge in [-0.2, -0.15) is 0 Å². The quantitative estimate of drug-likeness (QED) is 0.140. The number of aromatic nitrogens is 1. The molecule has 4 rings (SSSR count). The van der Waals surface area contributed by atoms with E-state index in [1.54, 1.807) is 0 Å². The molecule has 0 radical (unpaired) electrons. The number of carbonyl (C=O) groups excluding carboxylic acids is 1. The Morgan fingerprint density at radius 3 is 2.36 bits per heavy atom. The van der Waals surface area contributed by atoms with Gasteiger partial charge < -0.3 is 38.0 Å². The Labute approximate surface area is 277 Å². The Balaban J connectivity index is 0.00000529. The van der Waals surface area contributed by atoms with Gasteiger partial charge in [0.1, 0.15) is 13.1 Å². The smallest absolute Gasteiger partial charge is 0.326 e. The highest BCUT2D eigenvalue weighted by Crippen LogP contribution is 2.46. The minimum atomic E-state index is -0.968. The first kappa shape index (κ1) is 35.6. The number of nitrogens with one attached hydrogen (secondary N) is 1. The van der Waals surface area contributed by atoms with Gasteiger partial charge in [0.2, 0.25) is 11.4 Å². The molecule has 0 fully saturated rings. The summed E-state index contributed by atoms with van der Waals surface area (Å²) in [5.74, 6) is -1.13. The fourth-order valence-electron chi connectivity index (χ4n) is 5.67. The number of nitrogens with two attached hydrogens (primary N) is 1.